The summed E-state index contributed by atoms with van der Waals surface area (Å²) in [5.74, 6) is 0.666. The van der Waals surface area contributed by atoms with Gasteiger partial charge in [0.1, 0.15) is 12.3 Å². The first-order valence-electron chi connectivity index (χ1n) is 20.4. The Labute approximate surface area is 350 Å². The maximum atomic E-state index is 5.37. The Balaban J connectivity index is 1.03. The number of fused-ring (bicyclic) bond motifs is 2. The number of para-hydroxylation sites is 6. The topological polar surface area (TPSA) is 56.3 Å². The Hall–Kier alpha value is -7.96. The highest BCUT2D eigenvalue weighted by Crippen LogP contribution is 2.48. The summed E-state index contributed by atoms with van der Waals surface area (Å²) < 4.78 is 0. The Morgan fingerprint density at radius 2 is 0.750 bits per heavy atom. The third-order valence-electron chi connectivity index (χ3n) is 11.4. The fourth-order valence-corrected chi connectivity index (χ4v) is 8.61. The smallest absolute Gasteiger partial charge is 0.160 e. The molecule has 2 aliphatic rings. The average Bonchev–Trinajstić information content (AvgIpc) is 3.92. The van der Waals surface area contributed by atoms with E-state index in [1.165, 1.54) is 0 Å². The number of nitrogens with one attached hydrogen (secondary N) is 2. The first-order valence-corrected chi connectivity index (χ1v) is 20.4. The second-order valence-corrected chi connectivity index (χ2v) is 15.2. The molecule has 0 aliphatic carbocycles. The first-order chi connectivity index (χ1) is 29.7. The first kappa shape index (κ1) is 35.2. The summed E-state index contributed by atoms with van der Waals surface area (Å²) in [6, 6.07) is 76.9. The van der Waals surface area contributed by atoms with E-state index in [-0.39, 0.29) is 12.3 Å². The summed E-state index contributed by atoms with van der Waals surface area (Å²) >= 11 is 0. The van der Waals surface area contributed by atoms with E-state index in [1.54, 1.807) is 0 Å². The molecule has 0 fully saturated rings. The minimum absolute atomic E-state index is 0.111. The fourth-order valence-electron chi connectivity index (χ4n) is 8.61. The van der Waals surface area contributed by atoms with Crippen molar-refractivity contribution in [1.29, 1.82) is 0 Å². The van der Waals surface area contributed by atoms with Crippen LogP contribution < -0.4 is 20.4 Å². The monoisotopic (exact) mass is 772 g/mol. The number of hydrogen-bond donors (Lipinski definition) is 2. The van der Waals surface area contributed by atoms with Crippen molar-refractivity contribution < 1.29 is 0 Å². The van der Waals surface area contributed by atoms with Crippen LogP contribution in [0, 0.1) is 0 Å². The van der Waals surface area contributed by atoms with Crippen LogP contribution in [0.15, 0.2) is 218 Å². The van der Waals surface area contributed by atoms with Crippen LogP contribution >= 0.6 is 0 Å². The highest BCUT2D eigenvalue weighted by Gasteiger charge is 2.32. The zero-order valence-corrected chi connectivity index (χ0v) is 32.7. The number of benzene rings is 8. The van der Waals surface area contributed by atoms with Gasteiger partial charge in [-0.05, 0) is 95.1 Å². The Morgan fingerprint density at radius 3 is 1.32 bits per heavy atom. The van der Waals surface area contributed by atoms with Crippen LogP contribution in [0.3, 0.4) is 0 Å². The van der Waals surface area contributed by atoms with Crippen molar-refractivity contribution in [2.45, 2.75) is 12.3 Å². The number of nitrogens with zero attached hydrogens (tertiary/aromatic N) is 4. The lowest BCUT2D eigenvalue weighted by Crippen LogP contribution is -2.23. The van der Waals surface area contributed by atoms with Gasteiger partial charge in [-0.2, -0.15) is 0 Å². The molecule has 0 amide bonds. The molecule has 60 heavy (non-hydrogen) atoms. The molecule has 286 valence electrons. The number of rotatable bonds is 8. The Kier molecular flexibility index (Phi) is 8.86. The second kappa shape index (κ2) is 15.1. The van der Waals surface area contributed by atoms with Gasteiger partial charge >= 0.3 is 0 Å². The third-order valence-corrected chi connectivity index (χ3v) is 11.4. The number of hydrogen-bond acceptors (Lipinski definition) is 6. The highest BCUT2D eigenvalue weighted by atomic mass is 15.3. The van der Waals surface area contributed by atoms with E-state index in [9.17, 15) is 0 Å². The van der Waals surface area contributed by atoms with E-state index < -0.39 is 0 Å². The van der Waals surface area contributed by atoms with Gasteiger partial charge in [0.2, 0.25) is 0 Å². The zero-order chi connectivity index (χ0) is 39.8. The quantitative estimate of drug-likeness (QED) is 0.160. The van der Waals surface area contributed by atoms with Gasteiger partial charge in [-0.25, -0.2) is 9.97 Å². The predicted molar refractivity (Wildman–Crippen MR) is 247 cm³/mol. The van der Waals surface area contributed by atoms with Crippen molar-refractivity contribution in [3.8, 4) is 45.0 Å². The molecule has 0 bridgehead atoms. The van der Waals surface area contributed by atoms with Crippen LogP contribution in [0.25, 0.3) is 45.0 Å². The van der Waals surface area contributed by atoms with Gasteiger partial charge in [0.15, 0.2) is 5.82 Å². The van der Waals surface area contributed by atoms with Gasteiger partial charge in [0, 0.05) is 28.1 Å². The average molecular weight is 773 g/mol. The SMILES string of the molecule is c1ccc(-c2cccc(-c3cc(-c4cccc(C5Nc6ccccc6N5c5ccccc5)c4)nc(-c4cccc(C5Nc6ccccc6N5c5ccccc5)c4)n3)c2)cc1. The van der Waals surface area contributed by atoms with Crippen LogP contribution in [-0.2, 0) is 0 Å². The van der Waals surface area contributed by atoms with Crippen LogP contribution in [-0.4, -0.2) is 9.97 Å². The molecule has 2 unspecified atom stereocenters. The molecule has 3 heterocycles. The van der Waals surface area contributed by atoms with Gasteiger partial charge in [0.25, 0.3) is 0 Å². The summed E-state index contributed by atoms with van der Waals surface area (Å²) in [6.45, 7) is 0. The summed E-state index contributed by atoms with van der Waals surface area (Å²) in [5, 5.41) is 7.62. The summed E-state index contributed by atoms with van der Waals surface area (Å²) in [4.78, 5) is 15.4. The molecule has 8 aromatic carbocycles. The molecule has 0 saturated carbocycles. The van der Waals surface area contributed by atoms with Crippen molar-refractivity contribution in [2.75, 3.05) is 20.4 Å². The fraction of sp³-hybridized carbons (Fsp3) is 0.0370. The number of aromatic nitrogens is 2. The van der Waals surface area contributed by atoms with E-state index in [0.717, 1.165) is 84.5 Å². The largest absolute Gasteiger partial charge is 0.359 e. The van der Waals surface area contributed by atoms with Crippen LogP contribution in [0.2, 0.25) is 0 Å². The predicted octanol–water partition coefficient (Wildman–Crippen LogP) is 13.7. The maximum absolute atomic E-state index is 5.37. The van der Waals surface area contributed by atoms with Gasteiger partial charge in [-0.15, -0.1) is 0 Å². The van der Waals surface area contributed by atoms with E-state index in [1.807, 2.05) is 0 Å². The van der Waals surface area contributed by atoms with Crippen molar-refractivity contribution in [1.82, 2.24) is 9.97 Å². The van der Waals surface area contributed by atoms with Crippen LogP contribution in [0.1, 0.15) is 23.5 Å². The van der Waals surface area contributed by atoms with Gasteiger partial charge < -0.3 is 20.4 Å². The van der Waals surface area contributed by atoms with Gasteiger partial charge in [0.05, 0.1) is 34.1 Å². The molecule has 6 nitrogen and oxygen atoms in total. The maximum Gasteiger partial charge on any atom is 0.160 e. The van der Waals surface area contributed by atoms with Crippen LogP contribution in [0.5, 0.6) is 0 Å². The van der Waals surface area contributed by atoms with Crippen molar-refractivity contribution in [2.24, 2.45) is 0 Å². The van der Waals surface area contributed by atoms with Crippen molar-refractivity contribution in [3.05, 3.63) is 230 Å². The zero-order valence-electron chi connectivity index (χ0n) is 32.7. The molecule has 6 heteroatoms. The highest BCUT2D eigenvalue weighted by molar-refractivity contribution is 5.85. The standard InChI is InChI=1S/C54H40N6/c1-4-17-37(18-5-1)38-19-14-20-39(33-38)48-36-49(40-21-15-23-42(34-40)53-57-46-29-10-12-31-50(46)59(53)44-25-6-2-7-26-44)56-52(55-48)41-22-16-24-43(35-41)54-58-47-30-11-13-32-51(47)60(54)45-27-8-3-9-28-45/h1-36,53-54,57-58H. The molecule has 11 rings (SSSR count). The lowest BCUT2D eigenvalue weighted by Gasteiger charge is -2.28. The lowest BCUT2D eigenvalue weighted by atomic mass is 9.99. The molecule has 0 radical (unpaired) electrons. The molecule has 9 aromatic rings. The molecule has 2 N–H and O–H groups in total. The van der Waals surface area contributed by atoms with E-state index in [0.29, 0.717) is 5.82 Å². The van der Waals surface area contributed by atoms with E-state index in [4.69, 9.17) is 9.97 Å². The van der Waals surface area contributed by atoms with Crippen LogP contribution in [0.4, 0.5) is 34.1 Å². The summed E-state index contributed by atoms with van der Waals surface area (Å²) in [6.07, 6.45) is -0.234. The van der Waals surface area contributed by atoms with Crippen molar-refractivity contribution in [3.63, 3.8) is 0 Å². The minimum Gasteiger partial charge on any atom is -0.359 e. The third kappa shape index (κ3) is 6.50. The molecule has 0 saturated heterocycles. The molecule has 2 aliphatic heterocycles. The molecule has 0 spiro atoms. The minimum atomic E-state index is -0.123. The van der Waals surface area contributed by atoms with Gasteiger partial charge in [-0.1, -0.05) is 146 Å². The molecular weight excluding hydrogens is 733 g/mol. The summed E-state index contributed by atoms with van der Waals surface area (Å²) in [7, 11) is 0. The number of anilines is 6. The summed E-state index contributed by atoms with van der Waals surface area (Å²) in [5.41, 5.74) is 16.0. The molecular formula is C54H40N6. The van der Waals surface area contributed by atoms with E-state index >= 15 is 0 Å². The second-order valence-electron chi connectivity index (χ2n) is 15.2. The van der Waals surface area contributed by atoms with Crippen molar-refractivity contribution >= 4 is 34.1 Å². The van der Waals surface area contributed by atoms with E-state index in [2.05, 4.69) is 239 Å². The molecule has 2 atom stereocenters. The molecule has 1 aromatic heterocycles. The van der Waals surface area contributed by atoms with Gasteiger partial charge in [-0.3, -0.25) is 0 Å². The lowest BCUT2D eigenvalue weighted by molar-refractivity contribution is 0.828. The Bertz CT molecular complexity index is 2810. The Morgan fingerprint density at radius 1 is 0.333 bits per heavy atom. The normalized spacial score (nSPS) is 15.2.